The molecule has 0 spiro atoms. The zero-order valence-electron chi connectivity index (χ0n) is 24.6. The average Bonchev–Trinajstić information content (AvgIpc) is 3.46. The van der Waals surface area contributed by atoms with Crippen molar-refractivity contribution >= 4 is 28.3 Å². The Bertz CT molecular complexity index is 1040. The van der Waals surface area contributed by atoms with Crippen LogP contribution < -0.4 is 10.6 Å². The monoisotopic (exact) mass is 575 g/mol. The molecule has 0 bridgehead atoms. The lowest BCUT2D eigenvalue weighted by Gasteiger charge is -2.20. The Kier molecular flexibility index (Phi) is 17.3. The second kappa shape index (κ2) is 20.8. The van der Waals surface area contributed by atoms with E-state index >= 15 is 0 Å². The fourth-order valence-corrected chi connectivity index (χ4v) is 4.77. The van der Waals surface area contributed by atoms with Crippen LogP contribution in [-0.2, 0) is 4.79 Å². The molecule has 0 radical (unpaired) electrons. The van der Waals surface area contributed by atoms with Crippen LogP contribution >= 0.6 is 0 Å². The van der Waals surface area contributed by atoms with E-state index in [2.05, 4.69) is 32.5 Å². The van der Waals surface area contributed by atoms with Gasteiger partial charge in [-0.05, 0) is 42.1 Å². The summed E-state index contributed by atoms with van der Waals surface area (Å²) in [5.41, 5.74) is 0.839. The van der Waals surface area contributed by atoms with Crippen LogP contribution in [0.2, 0.25) is 0 Å². The summed E-state index contributed by atoms with van der Waals surface area (Å²) in [7, 11) is 0. The summed E-state index contributed by atoms with van der Waals surface area (Å²) < 4.78 is 4.66. The Morgan fingerprint density at radius 2 is 1.61 bits per heavy atom. The molecule has 1 amide bonds. The van der Waals surface area contributed by atoms with Crippen molar-refractivity contribution < 1.29 is 24.6 Å². The molecule has 0 fully saturated rings. The minimum absolute atomic E-state index is 0.0984. The Balaban J connectivity index is 1.52. The predicted octanol–water partition coefficient (Wildman–Crippen LogP) is 6.20. The van der Waals surface area contributed by atoms with Gasteiger partial charge in [0.1, 0.15) is 0 Å². The van der Waals surface area contributed by atoms with Crippen LogP contribution in [0, 0.1) is 10.1 Å². The van der Waals surface area contributed by atoms with E-state index in [0.717, 1.165) is 25.7 Å². The molecule has 0 unspecified atom stereocenters. The van der Waals surface area contributed by atoms with E-state index in [1.165, 1.54) is 70.3 Å². The third kappa shape index (κ3) is 13.4. The summed E-state index contributed by atoms with van der Waals surface area (Å²) in [6.07, 6.45) is 20.3. The van der Waals surface area contributed by atoms with Crippen LogP contribution in [-0.4, -0.2) is 56.7 Å². The van der Waals surface area contributed by atoms with Gasteiger partial charge < -0.3 is 20.8 Å². The molecule has 0 aliphatic rings. The molecule has 2 atom stereocenters. The van der Waals surface area contributed by atoms with Crippen molar-refractivity contribution in [2.24, 2.45) is 0 Å². The zero-order valence-corrected chi connectivity index (χ0v) is 24.6. The topological polar surface area (TPSA) is 164 Å². The van der Waals surface area contributed by atoms with E-state index in [1.54, 1.807) is 12.1 Å². The molecular weight excluding hydrogens is 526 g/mol. The first-order chi connectivity index (χ1) is 20.0. The summed E-state index contributed by atoms with van der Waals surface area (Å²) in [5.74, 6) is -0.208. The Morgan fingerprint density at radius 3 is 2.27 bits per heavy atom. The first-order valence-electron chi connectivity index (χ1n) is 15.4. The molecule has 11 nitrogen and oxygen atoms in total. The van der Waals surface area contributed by atoms with Crippen molar-refractivity contribution in [3.8, 4) is 0 Å². The number of aliphatic hydroxyl groups excluding tert-OH is 2. The molecule has 0 saturated heterocycles. The van der Waals surface area contributed by atoms with Crippen LogP contribution in [0.1, 0.15) is 110 Å². The lowest BCUT2D eigenvalue weighted by Crippen LogP contribution is -2.45. The highest BCUT2D eigenvalue weighted by molar-refractivity contribution is 5.93. The van der Waals surface area contributed by atoms with Crippen molar-refractivity contribution in [3.05, 3.63) is 34.4 Å². The standard InChI is InChI=1S/C30H49N5O6/c1-2-3-4-5-6-7-8-9-10-11-12-13-15-18-27(37)25(23-36)32-28(38)19-16-14-17-22-31-24-20-21-26(35(39)40)30-29(24)33-41-34-30/h15,18,20-21,25,27,31,36-37H,2-14,16-17,19,22-23H2,1H3,(H,32,38)/t25-,27-/m0/s1. The number of fused-ring (bicyclic) bond motifs is 1. The van der Waals surface area contributed by atoms with Gasteiger partial charge in [-0.25, -0.2) is 4.63 Å². The normalized spacial score (nSPS) is 13.0. The molecule has 4 N–H and O–H groups in total. The van der Waals surface area contributed by atoms with Crippen LogP contribution in [0.3, 0.4) is 0 Å². The molecule has 11 heteroatoms. The van der Waals surface area contributed by atoms with E-state index in [-0.39, 0.29) is 23.7 Å². The number of nitro benzene ring substituents is 1. The number of anilines is 1. The lowest BCUT2D eigenvalue weighted by molar-refractivity contribution is -0.383. The molecular formula is C30H49N5O6. The number of carbonyl (C=O) groups excluding carboxylic acids is 1. The Morgan fingerprint density at radius 1 is 0.976 bits per heavy atom. The summed E-state index contributed by atoms with van der Waals surface area (Å²) in [6.45, 7) is 2.50. The lowest BCUT2D eigenvalue weighted by atomic mass is 10.0. The van der Waals surface area contributed by atoms with Gasteiger partial charge in [-0.15, -0.1) is 0 Å². The van der Waals surface area contributed by atoms with Crippen molar-refractivity contribution in [1.29, 1.82) is 0 Å². The number of aromatic nitrogens is 2. The van der Waals surface area contributed by atoms with Gasteiger partial charge in [0.2, 0.25) is 11.4 Å². The number of unbranched alkanes of at least 4 members (excludes halogenated alkanes) is 13. The number of benzene rings is 1. The number of amides is 1. The third-order valence-electron chi connectivity index (χ3n) is 7.25. The number of rotatable bonds is 24. The SMILES string of the molecule is CCCCCCCCCCCCCC=C[C@H](O)[C@H](CO)NC(=O)CCCCCNc1ccc([N+](=O)[O-])c2nonc12. The van der Waals surface area contributed by atoms with E-state index in [1.807, 2.05) is 6.08 Å². The summed E-state index contributed by atoms with van der Waals surface area (Å²) in [4.78, 5) is 22.9. The fourth-order valence-electron chi connectivity index (χ4n) is 4.77. The molecule has 1 heterocycles. The number of nitrogens with zero attached hydrogens (tertiary/aromatic N) is 3. The number of carbonyl (C=O) groups is 1. The summed E-state index contributed by atoms with van der Waals surface area (Å²) >= 11 is 0. The van der Waals surface area contributed by atoms with Gasteiger partial charge in [0, 0.05) is 19.0 Å². The number of allylic oxidation sites excluding steroid dienone is 1. The molecule has 41 heavy (non-hydrogen) atoms. The number of hydrogen-bond acceptors (Lipinski definition) is 9. The van der Waals surface area contributed by atoms with E-state index < -0.39 is 17.1 Å². The molecule has 1 aromatic carbocycles. The maximum absolute atomic E-state index is 12.3. The first kappa shape index (κ1) is 34.2. The largest absolute Gasteiger partial charge is 0.394 e. The minimum Gasteiger partial charge on any atom is -0.394 e. The second-order valence-electron chi connectivity index (χ2n) is 10.7. The van der Waals surface area contributed by atoms with Crippen LogP contribution in [0.5, 0.6) is 0 Å². The van der Waals surface area contributed by atoms with Gasteiger partial charge in [-0.1, -0.05) is 89.7 Å². The third-order valence-corrected chi connectivity index (χ3v) is 7.25. The predicted molar refractivity (Wildman–Crippen MR) is 161 cm³/mol. The van der Waals surface area contributed by atoms with Crippen molar-refractivity contribution in [2.45, 2.75) is 122 Å². The van der Waals surface area contributed by atoms with Gasteiger partial charge in [0.05, 0.1) is 29.4 Å². The van der Waals surface area contributed by atoms with Gasteiger partial charge in [0.15, 0.2) is 5.52 Å². The number of aliphatic hydroxyl groups is 2. The molecule has 0 aliphatic carbocycles. The fraction of sp³-hybridized carbons (Fsp3) is 0.700. The van der Waals surface area contributed by atoms with Gasteiger partial charge in [0.25, 0.3) is 0 Å². The zero-order chi connectivity index (χ0) is 29.7. The highest BCUT2D eigenvalue weighted by Crippen LogP contribution is 2.28. The average molecular weight is 576 g/mol. The van der Waals surface area contributed by atoms with E-state index in [4.69, 9.17) is 0 Å². The Labute approximate surface area is 243 Å². The van der Waals surface area contributed by atoms with Crippen LogP contribution in [0.25, 0.3) is 11.0 Å². The van der Waals surface area contributed by atoms with E-state index in [0.29, 0.717) is 30.6 Å². The molecule has 2 aromatic rings. The maximum Gasteiger partial charge on any atom is 0.300 e. The molecule has 230 valence electrons. The van der Waals surface area contributed by atoms with Crippen molar-refractivity contribution in [3.63, 3.8) is 0 Å². The number of nitrogens with one attached hydrogen (secondary N) is 2. The highest BCUT2D eigenvalue weighted by Gasteiger charge is 2.20. The smallest absolute Gasteiger partial charge is 0.300 e. The minimum atomic E-state index is -0.926. The number of nitro groups is 1. The van der Waals surface area contributed by atoms with E-state index in [9.17, 15) is 25.1 Å². The highest BCUT2D eigenvalue weighted by atomic mass is 16.6. The van der Waals surface area contributed by atoms with Crippen LogP contribution in [0.15, 0.2) is 28.9 Å². The van der Waals surface area contributed by atoms with Crippen molar-refractivity contribution in [2.75, 3.05) is 18.5 Å². The Hall–Kier alpha value is -3.05. The van der Waals surface area contributed by atoms with Gasteiger partial charge in [-0.3, -0.25) is 14.9 Å². The molecule has 1 aromatic heterocycles. The first-order valence-corrected chi connectivity index (χ1v) is 15.4. The van der Waals surface area contributed by atoms with Crippen LogP contribution in [0.4, 0.5) is 11.4 Å². The summed E-state index contributed by atoms with van der Waals surface area (Å²) in [5, 5.41) is 44.4. The molecule has 0 saturated carbocycles. The molecule has 0 aliphatic heterocycles. The summed E-state index contributed by atoms with van der Waals surface area (Å²) in [6, 6.07) is 2.21. The second-order valence-corrected chi connectivity index (χ2v) is 10.7. The quantitative estimate of drug-likeness (QED) is 0.0494. The number of non-ortho nitro benzene ring substituents is 1. The van der Waals surface area contributed by atoms with Gasteiger partial charge >= 0.3 is 5.69 Å². The molecule has 2 rings (SSSR count). The number of hydrogen-bond donors (Lipinski definition) is 4. The van der Waals surface area contributed by atoms with Gasteiger partial charge in [-0.2, -0.15) is 0 Å². The van der Waals surface area contributed by atoms with Crippen molar-refractivity contribution in [1.82, 2.24) is 15.6 Å². The maximum atomic E-state index is 12.3.